The molecule has 2 atom stereocenters. The molecule has 0 bridgehead atoms. The van der Waals surface area contributed by atoms with Crippen molar-refractivity contribution in [1.82, 2.24) is 5.32 Å². The van der Waals surface area contributed by atoms with E-state index in [0.29, 0.717) is 6.10 Å². The highest BCUT2D eigenvalue weighted by atomic mass is 16.5. The van der Waals surface area contributed by atoms with Crippen LogP contribution in [0.3, 0.4) is 0 Å². The van der Waals surface area contributed by atoms with Gasteiger partial charge in [0, 0.05) is 12.6 Å². The maximum Gasteiger partial charge on any atom is 0.0518 e. The number of ether oxygens (including phenoxy) is 1. The molecular formula is C16H33NO. The fourth-order valence-corrected chi connectivity index (χ4v) is 2.90. The summed E-state index contributed by atoms with van der Waals surface area (Å²) in [6, 6.07) is 0.757. The lowest BCUT2D eigenvalue weighted by atomic mass is 9.89. The number of hydrogen-bond donors (Lipinski definition) is 1. The summed E-state index contributed by atoms with van der Waals surface area (Å²) < 4.78 is 5.56. The Hall–Kier alpha value is -0.0800. The zero-order chi connectivity index (χ0) is 13.4. The van der Waals surface area contributed by atoms with Crippen LogP contribution >= 0.6 is 0 Å². The van der Waals surface area contributed by atoms with Crippen molar-refractivity contribution in [3.8, 4) is 0 Å². The molecule has 108 valence electrons. The van der Waals surface area contributed by atoms with E-state index >= 15 is 0 Å². The monoisotopic (exact) mass is 255 g/mol. The molecule has 0 aromatic carbocycles. The second-order valence-electron chi connectivity index (χ2n) is 6.44. The molecule has 0 saturated heterocycles. The summed E-state index contributed by atoms with van der Waals surface area (Å²) in [6.07, 6.45) is 8.51. The molecule has 1 fully saturated rings. The number of nitrogens with one attached hydrogen (secondary N) is 1. The Morgan fingerprint density at radius 3 is 2.50 bits per heavy atom. The molecular weight excluding hydrogens is 222 g/mol. The first kappa shape index (κ1) is 16.0. The van der Waals surface area contributed by atoms with Crippen LogP contribution in [0.1, 0.15) is 66.2 Å². The lowest BCUT2D eigenvalue weighted by Gasteiger charge is -2.19. The van der Waals surface area contributed by atoms with Crippen molar-refractivity contribution in [3.05, 3.63) is 0 Å². The van der Waals surface area contributed by atoms with Crippen molar-refractivity contribution >= 4 is 0 Å². The summed E-state index contributed by atoms with van der Waals surface area (Å²) in [5, 5.41) is 3.71. The summed E-state index contributed by atoms with van der Waals surface area (Å²) in [6.45, 7) is 11.0. The molecule has 18 heavy (non-hydrogen) atoms. The number of hydrogen-bond acceptors (Lipinski definition) is 2. The fraction of sp³-hybridized carbons (Fsp3) is 1.00. The minimum Gasteiger partial charge on any atom is -0.379 e. The zero-order valence-electron chi connectivity index (χ0n) is 12.9. The van der Waals surface area contributed by atoms with Gasteiger partial charge in [0.05, 0.1) is 6.10 Å². The third kappa shape index (κ3) is 6.75. The zero-order valence-corrected chi connectivity index (χ0v) is 12.9. The average molecular weight is 255 g/mol. The molecule has 0 amide bonds. The summed E-state index contributed by atoms with van der Waals surface area (Å²) in [5.74, 6) is 1.82. The van der Waals surface area contributed by atoms with Gasteiger partial charge >= 0.3 is 0 Å². The summed E-state index contributed by atoms with van der Waals surface area (Å²) >= 11 is 0. The Kier molecular flexibility index (Phi) is 7.92. The van der Waals surface area contributed by atoms with Crippen LogP contribution in [0.2, 0.25) is 0 Å². The van der Waals surface area contributed by atoms with E-state index < -0.39 is 0 Å². The largest absolute Gasteiger partial charge is 0.379 e. The summed E-state index contributed by atoms with van der Waals surface area (Å²) in [5.41, 5.74) is 0. The normalized spacial score (nSPS) is 25.7. The molecule has 1 saturated carbocycles. The lowest BCUT2D eigenvalue weighted by molar-refractivity contribution is 0.0766. The minimum atomic E-state index is 0.370. The van der Waals surface area contributed by atoms with Gasteiger partial charge in [0.2, 0.25) is 0 Å². The predicted molar refractivity (Wildman–Crippen MR) is 78.9 cm³/mol. The molecule has 2 unspecified atom stereocenters. The van der Waals surface area contributed by atoms with E-state index in [9.17, 15) is 0 Å². The first-order chi connectivity index (χ1) is 8.59. The van der Waals surface area contributed by atoms with E-state index in [4.69, 9.17) is 4.74 Å². The van der Waals surface area contributed by atoms with Gasteiger partial charge in [0.25, 0.3) is 0 Å². The highest BCUT2D eigenvalue weighted by Gasteiger charge is 2.20. The van der Waals surface area contributed by atoms with Crippen molar-refractivity contribution < 1.29 is 4.74 Å². The Bertz CT molecular complexity index is 203. The van der Waals surface area contributed by atoms with Crippen molar-refractivity contribution in [1.29, 1.82) is 0 Å². The molecule has 0 aliphatic heterocycles. The van der Waals surface area contributed by atoms with Crippen molar-refractivity contribution in [3.63, 3.8) is 0 Å². The Morgan fingerprint density at radius 2 is 1.83 bits per heavy atom. The van der Waals surface area contributed by atoms with Crippen LogP contribution in [-0.4, -0.2) is 25.3 Å². The van der Waals surface area contributed by atoms with Crippen LogP contribution in [0.25, 0.3) is 0 Å². The van der Waals surface area contributed by atoms with Crippen LogP contribution in [0, 0.1) is 11.8 Å². The van der Waals surface area contributed by atoms with Crippen LogP contribution < -0.4 is 5.32 Å². The molecule has 1 aliphatic carbocycles. The van der Waals surface area contributed by atoms with Crippen LogP contribution in [0.4, 0.5) is 0 Å². The fourth-order valence-electron chi connectivity index (χ4n) is 2.90. The smallest absolute Gasteiger partial charge is 0.0518 e. The summed E-state index contributed by atoms with van der Waals surface area (Å²) in [4.78, 5) is 0. The van der Waals surface area contributed by atoms with Gasteiger partial charge in [-0.25, -0.2) is 0 Å². The molecule has 0 aromatic heterocycles. The molecule has 0 heterocycles. The molecule has 0 radical (unpaired) electrons. The van der Waals surface area contributed by atoms with E-state index in [1.54, 1.807) is 0 Å². The van der Waals surface area contributed by atoms with Crippen molar-refractivity contribution in [2.75, 3.05) is 13.2 Å². The standard InChI is InChI=1S/C16H33NO/c1-13(2)15-7-5-8-16(10-9-15)17-11-6-12-18-14(3)4/h13-17H,5-12H2,1-4H3. The molecule has 2 heteroatoms. The molecule has 1 aliphatic rings. The highest BCUT2D eigenvalue weighted by Crippen LogP contribution is 2.28. The van der Waals surface area contributed by atoms with Gasteiger partial charge in [0.15, 0.2) is 0 Å². The van der Waals surface area contributed by atoms with E-state index in [-0.39, 0.29) is 0 Å². The van der Waals surface area contributed by atoms with Gasteiger partial charge in [-0.3, -0.25) is 0 Å². The van der Waals surface area contributed by atoms with Gasteiger partial charge in [-0.2, -0.15) is 0 Å². The maximum atomic E-state index is 5.56. The lowest BCUT2D eigenvalue weighted by Crippen LogP contribution is -2.30. The van der Waals surface area contributed by atoms with Gasteiger partial charge in [-0.05, 0) is 57.9 Å². The second-order valence-corrected chi connectivity index (χ2v) is 6.44. The minimum absolute atomic E-state index is 0.370. The molecule has 1 rings (SSSR count). The molecule has 2 nitrogen and oxygen atoms in total. The van der Waals surface area contributed by atoms with E-state index in [1.165, 1.54) is 32.1 Å². The molecule has 0 spiro atoms. The molecule has 1 N–H and O–H groups in total. The maximum absolute atomic E-state index is 5.56. The second kappa shape index (κ2) is 8.92. The third-order valence-electron chi connectivity index (χ3n) is 4.16. The average Bonchev–Trinajstić information content (AvgIpc) is 2.53. The van der Waals surface area contributed by atoms with Gasteiger partial charge in [0.1, 0.15) is 0 Å². The SMILES string of the molecule is CC(C)OCCCNC1CCCC(C(C)C)CC1. The van der Waals surface area contributed by atoms with Crippen LogP contribution in [0.5, 0.6) is 0 Å². The summed E-state index contributed by atoms with van der Waals surface area (Å²) in [7, 11) is 0. The first-order valence-corrected chi connectivity index (χ1v) is 7.94. The van der Waals surface area contributed by atoms with Gasteiger partial charge in [-0.15, -0.1) is 0 Å². The van der Waals surface area contributed by atoms with Gasteiger partial charge < -0.3 is 10.1 Å². The van der Waals surface area contributed by atoms with Crippen LogP contribution in [0.15, 0.2) is 0 Å². The van der Waals surface area contributed by atoms with Gasteiger partial charge in [-0.1, -0.05) is 26.7 Å². The van der Waals surface area contributed by atoms with E-state index in [2.05, 4.69) is 33.0 Å². The third-order valence-corrected chi connectivity index (χ3v) is 4.16. The van der Waals surface area contributed by atoms with E-state index in [1.807, 2.05) is 0 Å². The Balaban J connectivity index is 2.08. The predicted octanol–water partition coefficient (Wildman–Crippen LogP) is 4.00. The Morgan fingerprint density at radius 1 is 1.06 bits per heavy atom. The topological polar surface area (TPSA) is 21.3 Å². The van der Waals surface area contributed by atoms with Crippen molar-refractivity contribution in [2.45, 2.75) is 78.4 Å². The number of rotatable bonds is 7. The Labute approximate surface area is 114 Å². The van der Waals surface area contributed by atoms with Crippen LogP contribution in [-0.2, 0) is 4.74 Å². The van der Waals surface area contributed by atoms with Crippen molar-refractivity contribution in [2.24, 2.45) is 11.8 Å². The first-order valence-electron chi connectivity index (χ1n) is 7.94. The van der Waals surface area contributed by atoms with E-state index in [0.717, 1.165) is 37.5 Å². The highest BCUT2D eigenvalue weighted by molar-refractivity contribution is 4.76. The quantitative estimate of drug-likeness (QED) is 0.548. The molecule has 0 aromatic rings.